The highest BCUT2D eigenvalue weighted by atomic mass is 31.0. The zero-order valence-electron chi connectivity index (χ0n) is 10.1. The van der Waals surface area contributed by atoms with Crippen LogP contribution in [0.25, 0.3) is 0 Å². The maximum Gasteiger partial charge on any atom is 0.414 e. The van der Waals surface area contributed by atoms with E-state index in [-0.39, 0.29) is 5.71 Å². The number of carbonyl (C=O) groups is 2. The van der Waals surface area contributed by atoms with Crippen molar-refractivity contribution < 1.29 is 28.6 Å². The van der Waals surface area contributed by atoms with Gasteiger partial charge in [-0.25, -0.2) is 14.0 Å². The van der Waals surface area contributed by atoms with E-state index in [0.717, 1.165) is 6.07 Å². The average Bonchev–Trinajstić information content (AvgIpc) is 2.80. The third-order valence-electron chi connectivity index (χ3n) is 2.20. The summed E-state index contributed by atoms with van der Waals surface area (Å²) in [5, 5.41) is 8.94. The number of phenolic OH excluding ortho intramolecular Hbond substituents is 1. The first-order valence-corrected chi connectivity index (χ1v) is 5.79. The lowest BCUT2D eigenvalue weighted by Crippen LogP contribution is -2.23. The maximum absolute atomic E-state index is 12.9. The van der Waals surface area contributed by atoms with Crippen LogP contribution in [0.5, 0.6) is 5.75 Å². The van der Waals surface area contributed by atoms with Crippen molar-refractivity contribution in [3.05, 3.63) is 24.0 Å². The fourth-order valence-electron chi connectivity index (χ4n) is 1.29. The van der Waals surface area contributed by atoms with Crippen LogP contribution >= 0.6 is 9.24 Å². The van der Waals surface area contributed by atoms with Crippen molar-refractivity contribution in [2.24, 2.45) is 0 Å². The van der Waals surface area contributed by atoms with Crippen LogP contribution in [-0.2, 0) is 9.47 Å². The lowest BCUT2D eigenvalue weighted by atomic mass is 10.2. The molecule has 0 spiro atoms. The fourth-order valence-corrected chi connectivity index (χ4v) is 1.29. The van der Waals surface area contributed by atoms with E-state index in [1.807, 2.05) is 9.24 Å². The summed E-state index contributed by atoms with van der Waals surface area (Å²) in [5.41, 5.74) is 0.0628. The molecule has 1 atom stereocenters. The third kappa shape index (κ3) is 4.37. The van der Waals surface area contributed by atoms with Gasteiger partial charge in [0.15, 0.2) is 11.6 Å². The molecule has 2 rings (SSSR count). The first-order valence-electron chi connectivity index (χ1n) is 5.22. The van der Waals surface area contributed by atoms with Crippen molar-refractivity contribution in [2.75, 3.05) is 25.2 Å². The molecule has 1 aliphatic heterocycles. The van der Waals surface area contributed by atoms with E-state index in [9.17, 15) is 14.0 Å². The Hall–Kier alpha value is -1.88. The number of amides is 1. The Balaban J connectivity index is 0.000000312. The van der Waals surface area contributed by atoms with Gasteiger partial charge in [-0.2, -0.15) is 0 Å². The number of halogens is 1. The number of hydrogen-bond donors (Lipinski definition) is 1. The van der Waals surface area contributed by atoms with Gasteiger partial charge in [0.05, 0.1) is 19.3 Å². The quantitative estimate of drug-likeness (QED) is 0.801. The first-order chi connectivity index (χ1) is 8.95. The van der Waals surface area contributed by atoms with Crippen LogP contribution in [0.4, 0.5) is 19.7 Å². The molecule has 0 saturated carbocycles. The summed E-state index contributed by atoms with van der Waals surface area (Å²) in [5.74, 6) is -1.18. The molecule has 6 nitrogen and oxygen atoms in total. The van der Waals surface area contributed by atoms with Gasteiger partial charge in [0, 0.05) is 6.07 Å². The summed E-state index contributed by atoms with van der Waals surface area (Å²) in [4.78, 5) is 22.0. The van der Waals surface area contributed by atoms with Gasteiger partial charge in [-0.15, -0.1) is 0 Å². The largest absolute Gasteiger partial charge is 0.505 e. The van der Waals surface area contributed by atoms with E-state index in [1.165, 1.54) is 24.1 Å². The number of nitrogens with zero attached hydrogens (tertiary/aromatic N) is 1. The van der Waals surface area contributed by atoms with Crippen LogP contribution in [0.1, 0.15) is 0 Å². The third-order valence-corrected chi connectivity index (χ3v) is 2.44. The number of cyclic esters (lactones) is 1. The monoisotopic (exact) mass is 289 g/mol. The number of rotatable bonds is 1. The number of ether oxygens (including phenoxy) is 2. The van der Waals surface area contributed by atoms with E-state index < -0.39 is 17.7 Å². The van der Waals surface area contributed by atoms with Gasteiger partial charge in [-0.05, 0) is 21.4 Å². The van der Waals surface area contributed by atoms with Crippen LogP contribution in [-0.4, -0.2) is 37.2 Å². The molecule has 1 aromatic carbocycles. The molecule has 1 heterocycles. The molecule has 0 radical (unpaired) electrons. The summed E-state index contributed by atoms with van der Waals surface area (Å²) >= 11 is 0. The molecule has 1 aromatic rings. The number of phenols is 1. The van der Waals surface area contributed by atoms with Gasteiger partial charge < -0.3 is 14.6 Å². The van der Waals surface area contributed by atoms with Crippen molar-refractivity contribution >= 4 is 26.7 Å². The molecule has 1 saturated heterocycles. The molecule has 0 bridgehead atoms. The molecule has 104 valence electrons. The highest BCUT2D eigenvalue weighted by Gasteiger charge is 2.24. The van der Waals surface area contributed by atoms with Crippen molar-refractivity contribution in [3.63, 3.8) is 0 Å². The number of benzene rings is 1. The van der Waals surface area contributed by atoms with Crippen LogP contribution in [0.2, 0.25) is 0 Å². The second-order valence-corrected chi connectivity index (χ2v) is 3.90. The fraction of sp³-hybridized carbons (Fsp3) is 0.273. The minimum atomic E-state index is -0.748. The molecular formula is C11H13FNO5P. The lowest BCUT2D eigenvalue weighted by molar-refractivity contribution is 0.181. The second-order valence-electron chi connectivity index (χ2n) is 3.42. The molecule has 1 unspecified atom stereocenters. The Labute approximate surface area is 111 Å². The van der Waals surface area contributed by atoms with Gasteiger partial charge >= 0.3 is 11.8 Å². The Kier molecular flexibility index (Phi) is 5.51. The average molecular weight is 289 g/mol. The Bertz CT molecular complexity index is 482. The minimum Gasteiger partial charge on any atom is -0.505 e. The van der Waals surface area contributed by atoms with Crippen molar-refractivity contribution in [1.29, 1.82) is 0 Å². The van der Waals surface area contributed by atoms with Crippen LogP contribution in [0, 0.1) is 5.82 Å². The standard InChI is InChI=1S/C9H8FNO3.C2H5O2P/c10-7-5-6(1-2-8(7)12)11-3-4-14-9(11)13;1-4-2(3)5/h1-2,5,12H,3-4H2;5H2,1H3. The Morgan fingerprint density at radius 3 is 2.63 bits per heavy atom. The molecule has 0 aromatic heterocycles. The van der Waals surface area contributed by atoms with E-state index in [2.05, 4.69) is 4.74 Å². The lowest BCUT2D eigenvalue weighted by Gasteiger charge is -2.12. The van der Waals surface area contributed by atoms with Gasteiger partial charge in [0.25, 0.3) is 0 Å². The molecule has 19 heavy (non-hydrogen) atoms. The molecule has 0 aliphatic carbocycles. The van der Waals surface area contributed by atoms with Crippen molar-refractivity contribution in [3.8, 4) is 5.75 Å². The van der Waals surface area contributed by atoms with Crippen molar-refractivity contribution in [2.45, 2.75) is 0 Å². The van der Waals surface area contributed by atoms with E-state index >= 15 is 0 Å². The number of hydrogen-bond acceptors (Lipinski definition) is 5. The first kappa shape index (κ1) is 15.2. The predicted octanol–water partition coefficient (Wildman–Crippen LogP) is 2.12. The number of aromatic hydroxyl groups is 1. The number of carbonyl (C=O) groups excluding carboxylic acids is 2. The van der Waals surface area contributed by atoms with Crippen LogP contribution < -0.4 is 4.90 Å². The normalized spacial score (nSPS) is 13.4. The second kappa shape index (κ2) is 6.89. The molecular weight excluding hydrogens is 276 g/mol. The van der Waals surface area contributed by atoms with Crippen LogP contribution in [0.15, 0.2) is 18.2 Å². The number of anilines is 1. The molecule has 8 heteroatoms. The van der Waals surface area contributed by atoms with E-state index in [0.29, 0.717) is 18.8 Å². The summed E-state index contributed by atoms with van der Waals surface area (Å²) in [7, 11) is 3.20. The zero-order valence-corrected chi connectivity index (χ0v) is 11.3. The highest BCUT2D eigenvalue weighted by Crippen LogP contribution is 2.24. The maximum atomic E-state index is 12.9. The Morgan fingerprint density at radius 1 is 1.58 bits per heavy atom. The molecule has 1 N–H and O–H groups in total. The van der Waals surface area contributed by atoms with Gasteiger partial charge in [-0.1, -0.05) is 0 Å². The summed E-state index contributed by atoms with van der Waals surface area (Å²) in [6, 6.07) is 3.77. The summed E-state index contributed by atoms with van der Waals surface area (Å²) < 4.78 is 21.7. The van der Waals surface area contributed by atoms with Gasteiger partial charge in [-0.3, -0.25) is 4.90 Å². The minimum absolute atomic E-state index is 0.307. The molecule has 1 aliphatic rings. The smallest absolute Gasteiger partial charge is 0.414 e. The van der Waals surface area contributed by atoms with Crippen molar-refractivity contribution in [1.82, 2.24) is 0 Å². The molecule has 1 fully saturated rings. The van der Waals surface area contributed by atoms with E-state index in [4.69, 9.17) is 9.84 Å². The van der Waals surface area contributed by atoms with Gasteiger partial charge in [0.2, 0.25) is 0 Å². The predicted molar refractivity (Wildman–Crippen MR) is 68.9 cm³/mol. The van der Waals surface area contributed by atoms with Gasteiger partial charge in [0.1, 0.15) is 6.61 Å². The SMILES string of the molecule is COC(=O)P.O=C1OCCN1c1ccc(O)c(F)c1. The van der Waals surface area contributed by atoms with Crippen LogP contribution in [0.3, 0.4) is 0 Å². The van der Waals surface area contributed by atoms with E-state index in [1.54, 1.807) is 0 Å². The molecule has 1 amide bonds. The summed E-state index contributed by atoms with van der Waals surface area (Å²) in [6.45, 7) is 0.713. The summed E-state index contributed by atoms with van der Waals surface area (Å²) in [6.07, 6.45) is -0.491. The number of methoxy groups -OCH3 is 1. The zero-order chi connectivity index (χ0) is 14.4. The topological polar surface area (TPSA) is 76.1 Å². The Morgan fingerprint density at radius 2 is 2.21 bits per heavy atom. The highest BCUT2D eigenvalue weighted by molar-refractivity contribution is 7.39.